The number of halogens is 3. The molecule has 0 bridgehead atoms. The Kier molecular flexibility index (Phi) is 5.08. The molecule has 2 fully saturated rings. The number of anilines is 1. The number of hydrogen-bond donors (Lipinski definition) is 0. The molecule has 0 saturated carbocycles. The second kappa shape index (κ2) is 7.42. The summed E-state index contributed by atoms with van der Waals surface area (Å²) in [6.45, 7) is 3.75. The Morgan fingerprint density at radius 2 is 1.83 bits per heavy atom. The highest BCUT2D eigenvalue weighted by Gasteiger charge is 2.57. The number of morpholine rings is 1. The second-order valence-electron chi connectivity index (χ2n) is 7.71. The van der Waals surface area contributed by atoms with Crippen LogP contribution < -0.4 is 4.90 Å². The molecule has 8 heteroatoms. The molecule has 154 valence electrons. The van der Waals surface area contributed by atoms with Crippen LogP contribution in [0, 0.1) is 12.7 Å². The van der Waals surface area contributed by atoms with Crippen molar-refractivity contribution in [2.75, 3.05) is 24.5 Å². The summed E-state index contributed by atoms with van der Waals surface area (Å²) in [7, 11) is 0. The third kappa shape index (κ3) is 4.00. The standard InChI is InChI=1S/C21H22F3N3O2/c1-15-3-2-10-25-18(15)13-26-11-8-20(9-12-26)14-27(19(28)21(23,24)29-20)17-6-4-16(22)5-7-17/h2-7,10H,8-9,11-14H2,1H3. The second-order valence-corrected chi connectivity index (χ2v) is 7.71. The van der Waals surface area contributed by atoms with Gasteiger partial charge in [0.1, 0.15) is 5.82 Å². The number of alkyl halides is 2. The Labute approximate surface area is 167 Å². The minimum Gasteiger partial charge on any atom is -0.304 e. The van der Waals surface area contributed by atoms with E-state index in [4.69, 9.17) is 4.74 Å². The predicted octanol–water partition coefficient (Wildman–Crippen LogP) is 3.52. The fraction of sp³-hybridized carbons (Fsp3) is 0.429. The van der Waals surface area contributed by atoms with Gasteiger partial charge in [0.15, 0.2) is 0 Å². The molecule has 0 radical (unpaired) electrons. The van der Waals surface area contributed by atoms with Gasteiger partial charge in [0.2, 0.25) is 0 Å². The molecule has 0 atom stereocenters. The Morgan fingerprint density at radius 3 is 2.48 bits per heavy atom. The van der Waals surface area contributed by atoms with Crippen LogP contribution in [0.5, 0.6) is 0 Å². The van der Waals surface area contributed by atoms with Crippen molar-refractivity contribution in [3.05, 3.63) is 59.7 Å². The summed E-state index contributed by atoms with van der Waals surface area (Å²) in [5, 5.41) is 0. The molecule has 5 nitrogen and oxygen atoms in total. The van der Waals surface area contributed by atoms with E-state index in [1.54, 1.807) is 6.20 Å². The van der Waals surface area contributed by atoms with Gasteiger partial charge in [0.05, 0.1) is 17.8 Å². The fourth-order valence-corrected chi connectivity index (χ4v) is 3.97. The van der Waals surface area contributed by atoms with Crippen molar-refractivity contribution in [2.24, 2.45) is 0 Å². The normalized spacial score (nSPS) is 21.5. The van der Waals surface area contributed by atoms with Gasteiger partial charge in [-0.3, -0.25) is 14.7 Å². The zero-order chi connectivity index (χ0) is 20.6. The highest BCUT2D eigenvalue weighted by Crippen LogP contribution is 2.40. The summed E-state index contributed by atoms with van der Waals surface area (Å²) in [6.07, 6.45) is -1.45. The molecule has 2 aromatic rings. The molecule has 1 spiro atoms. The third-order valence-corrected chi connectivity index (χ3v) is 5.68. The number of likely N-dealkylation sites (tertiary alicyclic amines) is 1. The van der Waals surface area contributed by atoms with E-state index in [1.807, 2.05) is 19.1 Å². The molecule has 2 saturated heterocycles. The third-order valence-electron chi connectivity index (χ3n) is 5.68. The summed E-state index contributed by atoms with van der Waals surface area (Å²) in [5.74, 6) is -1.91. The van der Waals surface area contributed by atoms with Crippen molar-refractivity contribution in [3.63, 3.8) is 0 Å². The summed E-state index contributed by atoms with van der Waals surface area (Å²) < 4.78 is 47.1. The largest absolute Gasteiger partial charge is 0.437 e. The van der Waals surface area contributed by atoms with E-state index in [2.05, 4.69) is 9.88 Å². The Morgan fingerprint density at radius 1 is 1.14 bits per heavy atom. The smallest absolute Gasteiger partial charge is 0.304 e. The monoisotopic (exact) mass is 405 g/mol. The van der Waals surface area contributed by atoms with Gasteiger partial charge < -0.3 is 9.64 Å². The minimum absolute atomic E-state index is 0.0174. The number of rotatable bonds is 3. The van der Waals surface area contributed by atoms with Crippen LogP contribution >= 0.6 is 0 Å². The van der Waals surface area contributed by atoms with Gasteiger partial charge in [-0.25, -0.2) is 4.39 Å². The number of carbonyl (C=O) groups is 1. The highest BCUT2D eigenvalue weighted by molar-refractivity contribution is 5.98. The van der Waals surface area contributed by atoms with E-state index in [0.717, 1.165) is 28.3 Å². The van der Waals surface area contributed by atoms with Crippen molar-refractivity contribution in [2.45, 2.75) is 38.0 Å². The number of hydrogen-bond acceptors (Lipinski definition) is 4. The molecule has 1 aromatic carbocycles. The van der Waals surface area contributed by atoms with Crippen molar-refractivity contribution in [1.29, 1.82) is 0 Å². The number of carbonyl (C=O) groups excluding carboxylic acids is 1. The SMILES string of the molecule is Cc1cccnc1CN1CCC2(CC1)CN(c1ccc(F)cc1)C(=O)C(F)(F)O2. The van der Waals surface area contributed by atoms with Gasteiger partial charge in [0, 0.05) is 31.5 Å². The summed E-state index contributed by atoms with van der Waals surface area (Å²) in [6, 6.07) is 8.85. The first-order valence-electron chi connectivity index (χ1n) is 9.56. The Hall–Kier alpha value is -2.45. The lowest BCUT2D eigenvalue weighted by Crippen LogP contribution is -2.64. The molecule has 29 heavy (non-hydrogen) atoms. The number of aromatic nitrogens is 1. The van der Waals surface area contributed by atoms with Gasteiger partial charge in [-0.15, -0.1) is 0 Å². The lowest BCUT2D eigenvalue weighted by molar-refractivity contribution is -0.293. The number of benzene rings is 1. The maximum absolute atomic E-state index is 14.4. The van der Waals surface area contributed by atoms with Crippen molar-refractivity contribution in [3.8, 4) is 0 Å². The molecule has 2 aliphatic rings. The Balaban J connectivity index is 1.50. The predicted molar refractivity (Wildman–Crippen MR) is 101 cm³/mol. The van der Waals surface area contributed by atoms with Gasteiger partial charge in [-0.2, -0.15) is 8.78 Å². The number of ether oxygens (including phenoxy) is 1. The molecule has 1 amide bonds. The molecule has 0 aliphatic carbocycles. The van der Waals surface area contributed by atoms with Crippen LogP contribution in [0.15, 0.2) is 42.6 Å². The number of nitrogens with zero attached hydrogens (tertiary/aromatic N) is 3. The minimum atomic E-state index is -3.91. The zero-order valence-corrected chi connectivity index (χ0v) is 16.1. The van der Waals surface area contributed by atoms with Crippen molar-refractivity contribution < 1.29 is 22.7 Å². The first-order chi connectivity index (χ1) is 13.8. The van der Waals surface area contributed by atoms with Crippen molar-refractivity contribution >= 4 is 11.6 Å². The van der Waals surface area contributed by atoms with Crippen LogP contribution in [-0.2, 0) is 16.1 Å². The van der Waals surface area contributed by atoms with E-state index in [-0.39, 0.29) is 12.2 Å². The molecular weight excluding hydrogens is 383 g/mol. The maximum Gasteiger partial charge on any atom is 0.437 e. The quantitative estimate of drug-likeness (QED) is 0.784. The van der Waals surface area contributed by atoms with E-state index in [1.165, 1.54) is 12.1 Å². The molecule has 4 rings (SSSR count). The van der Waals surface area contributed by atoms with Crippen LogP contribution in [0.25, 0.3) is 0 Å². The molecule has 3 heterocycles. The van der Waals surface area contributed by atoms with Gasteiger partial charge in [0.25, 0.3) is 0 Å². The molecule has 1 aromatic heterocycles. The topological polar surface area (TPSA) is 45.7 Å². The zero-order valence-electron chi connectivity index (χ0n) is 16.1. The van der Waals surface area contributed by atoms with E-state index in [9.17, 15) is 18.0 Å². The summed E-state index contributed by atoms with van der Waals surface area (Å²) in [4.78, 5) is 19.8. The molecular formula is C21H22F3N3O2. The van der Waals surface area contributed by atoms with E-state index < -0.39 is 23.4 Å². The maximum atomic E-state index is 14.4. The van der Waals surface area contributed by atoms with Crippen LogP contribution in [-0.4, -0.2) is 47.1 Å². The number of aryl methyl sites for hydroxylation is 1. The lowest BCUT2D eigenvalue weighted by atomic mass is 9.88. The van der Waals surface area contributed by atoms with Crippen LogP contribution in [0.4, 0.5) is 18.9 Å². The Bertz CT molecular complexity index is 896. The average Bonchev–Trinajstić information content (AvgIpc) is 2.69. The number of pyridine rings is 1. The van der Waals surface area contributed by atoms with Crippen molar-refractivity contribution in [1.82, 2.24) is 9.88 Å². The molecule has 2 aliphatic heterocycles. The van der Waals surface area contributed by atoms with Crippen LogP contribution in [0.3, 0.4) is 0 Å². The van der Waals surface area contributed by atoms with Crippen LogP contribution in [0.2, 0.25) is 0 Å². The van der Waals surface area contributed by atoms with E-state index in [0.29, 0.717) is 32.5 Å². The fourth-order valence-electron chi connectivity index (χ4n) is 3.97. The lowest BCUT2D eigenvalue weighted by Gasteiger charge is -2.48. The van der Waals surface area contributed by atoms with Gasteiger partial charge in [-0.1, -0.05) is 6.07 Å². The number of piperidine rings is 1. The van der Waals surface area contributed by atoms with Gasteiger partial charge >= 0.3 is 12.0 Å². The number of amides is 1. The van der Waals surface area contributed by atoms with Gasteiger partial charge in [-0.05, 0) is 55.7 Å². The summed E-state index contributed by atoms with van der Waals surface area (Å²) in [5.41, 5.74) is 1.15. The highest BCUT2D eigenvalue weighted by atomic mass is 19.3. The molecule has 0 N–H and O–H groups in total. The average molecular weight is 405 g/mol. The van der Waals surface area contributed by atoms with E-state index >= 15 is 0 Å². The first-order valence-corrected chi connectivity index (χ1v) is 9.56. The summed E-state index contributed by atoms with van der Waals surface area (Å²) >= 11 is 0. The van der Waals surface area contributed by atoms with Crippen LogP contribution in [0.1, 0.15) is 24.1 Å². The molecule has 0 unspecified atom stereocenters. The first kappa shape index (κ1) is 19.8.